The quantitative estimate of drug-likeness (QED) is 0.848. The summed E-state index contributed by atoms with van der Waals surface area (Å²) in [6, 6.07) is 7.72. The van der Waals surface area contributed by atoms with Crippen molar-refractivity contribution in [3.05, 3.63) is 62.7 Å². The lowest BCUT2D eigenvalue weighted by Crippen LogP contribution is -2.45. The summed E-state index contributed by atoms with van der Waals surface area (Å²) in [5, 5.41) is 19.1. The number of nitrogens with zero attached hydrogens (tertiary/aromatic N) is 2. The molecule has 1 aromatic carbocycles. The first-order valence-electron chi connectivity index (χ1n) is 8.93. The van der Waals surface area contributed by atoms with Gasteiger partial charge in [-0.05, 0) is 30.5 Å². The van der Waals surface area contributed by atoms with E-state index in [4.69, 9.17) is 9.52 Å². The van der Waals surface area contributed by atoms with Crippen LogP contribution in [0.25, 0.3) is 0 Å². The van der Waals surface area contributed by atoms with Crippen LogP contribution in [-0.2, 0) is 19.7 Å². The molecule has 140 valence electrons. The van der Waals surface area contributed by atoms with E-state index in [2.05, 4.69) is 41.8 Å². The average Bonchev–Trinajstić information content (AvgIpc) is 2.63. The molecule has 0 bridgehead atoms. The Balaban J connectivity index is 1.58. The van der Waals surface area contributed by atoms with Crippen molar-refractivity contribution in [3.63, 3.8) is 0 Å². The van der Waals surface area contributed by atoms with Gasteiger partial charge in [-0.25, -0.2) is 0 Å². The topological polar surface area (TPSA) is 77.2 Å². The molecule has 1 aromatic heterocycles. The van der Waals surface area contributed by atoms with E-state index >= 15 is 0 Å². The van der Waals surface area contributed by atoms with E-state index in [-0.39, 0.29) is 23.9 Å². The molecule has 0 unspecified atom stereocenters. The third-order valence-corrected chi connectivity index (χ3v) is 5.01. The fourth-order valence-corrected chi connectivity index (χ4v) is 3.24. The van der Waals surface area contributed by atoms with Crippen LogP contribution in [0.5, 0.6) is 5.75 Å². The minimum Gasteiger partial charge on any atom is -0.502 e. The summed E-state index contributed by atoms with van der Waals surface area (Å²) in [6.07, 6.45) is 0. The van der Waals surface area contributed by atoms with Gasteiger partial charge in [0, 0.05) is 38.8 Å². The summed E-state index contributed by atoms with van der Waals surface area (Å²) >= 11 is 0. The predicted molar refractivity (Wildman–Crippen MR) is 99.0 cm³/mol. The Labute approximate surface area is 153 Å². The zero-order valence-corrected chi connectivity index (χ0v) is 15.4. The van der Waals surface area contributed by atoms with Crippen molar-refractivity contribution in [1.29, 1.82) is 0 Å². The number of piperazine rings is 1. The monoisotopic (exact) mass is 358 g/mol. The molecule has 26 heavy (non-hydrogen) atoms. The van der Waals surface area contributed by atoms with E-state index < -0.39 is 5.43 Å². The summed E-state index contributed by atoms with van der Waals surface area (Å²) in [6.45, 7) is 8.69. The minimum atomic E-state index is -0.510. The Morgan fingerprint density at radius 1 is 1.00 bits per heavy atom. The van der Waals surface area contributed by atoms with Crippen molar-refractivity contribution < 1.29 is 14.6 Å². The highest BCUT2D eigenvalue weighted by atomic mass is 16.4. The molecule has 1 aliphatic heterocycles. The van der Waals surface area contributed by atoms with Crippen molar-refractivity contribution in [2.75, 3.05) is 26.2 Å². The standard InChI is InChI=1S/C20H26N2O4/c1-14-3-4-16(9-15(14)2)11-21-5-7-22(8-6-21)12-19-20(25)18(24)10-17(13-23)26-19/h3-4,9-10,23,25H,5-8,11-13H2,1-2H3. The molecule has 1 aliphatic rings. The number of rotatable bonds is 5. The minimum absolute atomic E-state index is 0.177. The summed E-state index contributed by atoms with van der Waals surface area (Å²) < 4.78 is 5.43. The van der Waals surface area contributed by atoms with Crippen LogP contribution in [0.1, 0.15) is 28.2 Å². The molecule has 0 atom stereocenters. The maximum atomic E-state index is 11.7. The van der Waals surface area contributed by atoms with Gasteiger partial charge >= 0.3 is 0 Å². The highest BCUT2D eigenvalue weighted by molar-refractivity contribution is 5.30. The van der Waals surface area contributed by atoms with E-state index in [1.807, 2.05) is 0 Å². The molecule has 1 saturated heterocycles. The van der Waals surface area contributed by atoms with E-state index in [1.165, 1.54) is 16.7 Å². The van der Waals surface area contributed by atoms with E-state index in [0.717, 1.165) is 38.8 Å². The van der Waals surface area contributed by atoms with Crippen LogP contribution in [-0.4, -0.2) is 46.2 Å². The van der Waals surface area contributed by atoms with Gasteiger partial charge in [0.15, 0.2) is 5.76 Å². The third-order valence-electron chi connectivity index (χ3n) is 5.01. The van der Waals surface area contributed by atoms with Crippen LogP contribution in [0.2, 0.25) is 0 Å². The molecule has 1 fully saturated rings. The molecular formula is C20H26N2O4. The van der Waals surface area contributed by atoms with Crippen LogP contribution in [0.3, 0.4) is 0 Å². The van der Waals surface area contributed by atoms with Crippen molar-refractivity contribution in [2.45, 2.75) is 33.5 Å². The first-order valence-corrected chi connectivity index (χ1v) is 8.93. The smallest absolute Gasteiger partial charge is 0.227 e. The molecule has 0 spiro atoms. The van der Waals surface area contributed by atoms with Gasteiger partial charge in [0.1, 0.15) is 12.4 Å². The summed E-state index contributed by atoms with van der Waals surface area (Å²) in [5.74, 6) is 0.0418. The van der Waals surface area contributed by atoms with Crippen molar-refractivity contribution in [3.8, 4) is 5.75 Å². The highest BCUT2D eigenvalue weighted by Crippen LogP contribution is 2.18. The number of aromatic hydroxyl groups is 1. The Morgan fingerprint density at radius 3 is 2.27 bits per heavy atom. The number of aryl methyl sites for hydroxylation is 2. The molecule has 2 aromatic rings. The van der Waals surface area contributed by atoms with Gasteiger partial charge in [-0.15, -0.1) is 0 Å². The Bertz CT molecular complexity index is 823. The largest absolute Gasteiger partial charge is 0.502 e. The predicted octanol–water partition coefficient (Wildman–Crippen LogP) is 1.77. The fourth-order valence-electron chi connectivity index (χ4n) is 3.24. The van der Waals surface area contributed by atoms with Gasteiger partial charge in [0.05, 0.1) is 6.54 Å². The number of benzene rings is 1. The molecule has 2 N–H and O–H groups in total. The summed E-state index contributed by atoms with van der Waals surface area (Å²) in [7, 11) is 0. The molecule has 0 radical (unpaired) electrons. The second-order valence-electron chi connectivity index (χ2n) is 6.98. The van der Waals surface area contributed by atoms with Crippen LogP contribution < -0.4 is 5.43 Å². The van der Waals surface area contributed by atoms with E-state index in [9.17, 15) is 9.90 Å². The van der Waals surface area contributed by atoms with Gasteiger partial charge in [0.25, 0.3) is 0 Å². The first-order chi connectivity index (χ1) is 12.5. The van der Waals surface area contributed by atoms with E-state index in [0.29, 0.717) is 6.54 Å². The zero-order chi connectivity index (χ0) is 18.7. The van der Waals surface area contributed by atoms with Gasteiger partial charge in [-0.1, -0.05) is 18.2 Å². The molecule has 3 rings (SSSR count). The number of hydrogen-bond donors (Lipinski definition) is 2. The lowest BCUT2D eigenvalue weighted by Gasteiger charge is -2.34. The summed E-state index contributed by atoms with van der Waals surface area (Å²) in [4.78, 5) is 16.3. The normalized spacial score (nSPS) is 16.1. The van der Waals surface area contributed by atoms with Gasteiger partial charge in [0.2, 0.25) is 11.2 Å². The van der Waals surface area contributed by atoms with Crippen LogP contribution in [0, 0.1) is 13.8 Å². The Hall–Kier alpha value is -2.15. The van der Waals surface area contributed by atoms with Gasteiger partial charge in [-0.3, -0.25) is 14.6 Å². The Kier molecular flexibility index (Phi) is 5.76. The van der Waals surface area contributed by atoms with Crippen LogP contribution in [0.15, 0.2) is 33.5 Å². The second kappa shape index (κ2) is 8.03. The Morgan fingerprint density at radius 2 is 1.65 bits per heavy atom. The highest BCUT2D eigenvalue weighted by Gasteiger charge is 2.20. The fraction of sp³-hybridized carbons (Fsp3) is 0.450. The maximum Gasteiger partial charge on any atom is 0.227 e. The second-order valence-corrected chi connectivity index (χ2v) is 6.98. The number of aliphatic hydroxyl groups excluding tert-OH is 1. The molecular weight excluding hydrogens is 332 g/mol. The van der Waals surface area contributed by atoms with Crippen LogP contribution in [0.4, 0.5) is 0 Å². The number of hydrogen-bond acceptors (Lipinski definition) is 6. The average molecular weight is 358 g/mol. The third kappa shape index (κ3) is 4.33. The van der Waals surface area contributed by atoms with Crippen molar-refractivity contribution in [2.24, 2.45) is 0 Å². The molecule has 0 saturated carbocycles. The molecule has 6 nitrogen and oxygen atoms in total. The molecule has 0 amide bonds. The lowest BCUT2D eigenvalue weighted by molar-refractivity contribution is 0.112. The SMILES string of the molecule is Cc1ccc(CN2CCN(Cc3oc(CO)cc(=O)c3O)CC2)cc1C. The molecule has 0 aliphatic carbocycles. The van der Waals surface area contributed by atoms with Crippen LogP contribution >= 0.6 is 0 Å². The van der Waals surface area contributed by atoms with Gasteiger partial charge < -0.3 is 14.6 Å². The summed E-state index contributed by atoms with van der Waals surface area (Å²) in [5.41, 5.74) is 3.44. The van der Waals surface area contributed by atoms with Crippen molar-refractivity contribution >= 4 is 0 Å². The molecule has 2 heterocycles. The lowest BCUT2D eigenvalue weighted by atomic mass is 10.1. The van der Waals surface area contributed by atoms with Gasteiger partial charge in [-0.2, -0.15) is 0 Å². The maximum absolute atomic E-state index is 11.7. The first kappa shape index (κ1) is 18.6. The molecule has 6 heteroatoms. The zero-order valence-electron chi connectivity index (χ0n) is 15.4. The van der Waals surface area contributed by atoms with Crippen molar-refractivity contribution in [1.82, 2.24) is 9.80 Å². The number of aliphatic hydroxyl groups is 1. The van der Waals surface area contributed by atoms with E-state index in [1.54, 1.807) is 0 Å².